The second-order valence-electron chi connectivity index (χ2n) is 2.79. The van der Waals surface area contributed by atoms with E-state index in [4.69, 9.17) is 5.73 Å². The van der Waals surface area contributed by atoms with Crippen molar-refractivity contribution in [3.8, 4) is 0 Å². The summed E-state index contributed by atoms with van der Waals surface area (Å²) >= 11 is 0. The zero-order chi connectivity index (χ0) is 8.15. The third-order valence-corrected chi connectivity index (χ3v) is 1.19. The number of nitrogens with one attached hydrogen (secondary N) is 1. The maximum atomic E-state index is 10.9. The first-order valence-electron chi connectivity index (χ1n) is 3.55. The number of rotatable bonds is 4. The van der Waals surface area contributed by atoms with Crippen LogP contribution in [0.15, 0.2) is 0 Å². The van der Waals surface area contributed by atoms with Crippen LogP contribution in [-0.4, -0.2) is 24.4 Å². The number of ketones is 1. The first-order valence-corrected chi connectivity index (χ1v) is 3.55. The van der Waals surface area contributed by atoms with Gasteiger partial charge in [0, 0.05) is 6.04 Å². The highest BCUT2D eigenvalue weighted by molar-refractivity contribution is 5.85. The number of hydrogen-bond donors (Lipinski definition) is 2. The minimum absolute atomic E-state index is 0.0636. The lowest BCUT2D eigenvalue weighted by Crippen LogP contribution is -2.37. The topological polar surface area (TPSA) is 55.1 Å². The molecule has 0 aromatic rings. The van der Waals surface area contributed by atoms with Gasteiger partial charge in [0.2, 0.25) is 0 Å². The lowest BCUT2D eigenvalue weighted by Gasteiger charge is -2.08. The van der Waals surface area contributed by atoms with E-state index in [1.807, 2.05) is 13.8 Å². The number of hydrogen-bond acceptors (Lipinski definition) is 3. The van der Waals surface area contributed by atoms with Gasteiger partial charge in [0.15, 0.2) is 5.78 Å². The molecule has 0 aromatic heterocycles. The van der Waals surface area contributed by atoms with Gasteiger partial charge in [-0.3, -0.25) is 4.79 Å². The molecule has 3 nitrogen and oxygen atoms in total. The molecule has 0 radical (unpaired) electrons. The average Bonchev–Trinajstić information content (AvgIpc) is 1.82. The average molecular weight is 144 g/mol. The summed E-state index contributed by atoms with van der Waals surface area (Å²) in [5.41, 5.74) is 5.33. The lowest BCUT2D eigenvalue weighted by molar-refractivity contribution is -0.119. The fraction of sp³-hybridized carbons (Fsp3) is 0.857. The molecular weight excluding hydrogens is 128 g/mol. The molecule has 0 aliphatic heterocycles. The maximum absolute atomic E-state index is 10.9. The molecule has 0 bridgehead atoms. The minimum Gasteiger partial charge on any atom is -0.322 e. The monoisotopic (exact) mass is 144 g/mol. The molecule has 0 amide bonds. The Morgan fingerprint density at radius 1 is 1.50 bits per heavy atom. The van der Waals surface area contributed by atoms with Crippen molar-refractivity contribution in [2.24, 2.45) is 5.73 Å². The van der Waals surface area contributed by atoms with E-state index in [9.17, 15) is 4.79 Å². The van der Waals surface area contributed by atoms with E-state index in [1.54, 1.807) is 6.92 Å². The summed E-state index contributed by atoms with van der Waals surface area (Å²) in [7, 11) is 0. The molecular formula is C7H16N2O. The van der Waals surface area contributed by atoms with E-state index in [-0.39, 0.29) is 11.8 Å². The predicted octanol–water partition coefficient (Wildman–Crippen LogP) is -0.0993. The van der Waals surface area contributed by atoms with E-state index in [2.05, 4.69) is 5.32 Å². The Morgan fingerprint density at radius 3 is 2.30 bits per heavy atom. The summed E-state index contributed by atoms with van der Waals surface area (Å²) < 4.78 is 0. The summed E-state index contributed by atoms with van der Waals surface area (Å²) in [5, 5.41) is 3.00. The van der Waals surface area contributed by atoms with E-state index in [0.29, 0.717) is 12.6 Å². The van der Waals surface area contributed by atoms with E-state index < -0.39 is 0 Å². The molecule has 0 saturated heterocycles. The third-order valence-electron chi connectivity index (χ3n) is 1.19. The van der Waals surface area contributed by atoms with Gasteiger partial charge in [0.05, 0.1) is 12.6 Å². The Hall–Kier alpha value is -0.410. The van der Waals surface area contributed by atoms with Crippen LogP contribution in [0.5, 0.6) is 0 Å². The van der Waals surface area contributed by atoms with Crippen molar-refractivity contribution in [2.75, 3.05) is 6.54 Å². The number of carbonyl (C=O) groups excluding carboxylic acids is 1. The molecule has 0 aliphatic rings. The van der Waals surface area contributed by atoms with Crippen molar-refractivity contribution in [2.45, 2.75) is 32.9 Å². The highest BCUT2D eigenvalue weighted by atomic mass is 16.1. The largest absolute Gasteiger partial charge is 0.322 e. The molecule has 0 aromatic carbocycles. The number of nitrogens with two attached hydrogens (primary N) is 1. The van der Waals surface area contributed by atoms with Gasteiger partial charge in [-0.15, -0.1) is 0 Å². The van der Waals surface area contributed by atoms with E-state index in [0.717, 1.165) is 0 Å². The van der Waals surface area contributed by atoms with Crippen molar-refractivity contribution >= 4 is 5.78 Å². The minimum atomic E-state index is -0.341. The fourth-order valence-corrected chi connectivity index (χ4v) is 0.466. The molecule has 0 aliphatic carbocycles. The standard InChI is InChI=1S/C7H16N2O/c1-5(2)9-4-7(10)6(3)8/h5-6,9H,4,8H2,1-3H3. The number of Topliss-reactive ketones (excluding diaryl/α,β-unsaturated/α-hetero) is 1. The summed E-state index contributed by atoms with van der Waals surface area (Å²) in [4.78, 5) is 10.9. The van der Waals surface area contributed by atoms with Crippen LogP contribution < -0.4 is 11.1 Å². The van der Waals surface area contributed by atoms with Crippen molar-refractivity contribution in [1.82, 2.24) is 5.32 Å². The molecule has 60 valence electrons. The Bertz CT molecular complexity index is 110. The van der Waals surface area contributed by atoms with Gasteiger partial charge in [0.25, 0.3) is 0 Å². The SMILES string of the molecule is CC(C)NCC(=O)C(C)N. The molecule has 1 unspecified atom stereocenters. The summed E-state index contributed by atoms with van der Waals surface area (Å²) in [6.07, 6.45) is 0. The summed E-state index contributed by atoms with van der Waals surface area (Å²) in [5.74, 6) is 0.0636. The Balaban J connectivity index is 3.40. The molecule has 0 rings (SSSR count). The Labute approximate surface area is 62.0 Å². The van der Waals surface area contributed by atoms with Crippen LogP contribution in [0.3, 0.4) is 0 Å². The van der Waals surface area contributed by atoms with Crippen molar-refractivity contribution in [3.63, 3.8) is 0 Å². The van der Waals surface area contributed by atoms with Crippen LogP contribution >= 0.6 is 0 Å². The molecule has 1 atom stereocenters. The van der Waals surface area contributed by atoms with Gasteiger partial charge in [-0.25, -0.2) is 0 Å². The van der Waals surface area contributed by atoms with Crippen LogP contribution in [-0.2, 0) is 4.79 Å². The van der Waals surface area contributed by atoms with Gasteiger partial charge >= 0.3 is 0 Å². The smallest absolute Gasteiger partial charge is 0.162 e. The third kappa shape index (κ3) is 4.47. The number of carbonyl (C=O) groups is 1. The van der Waals surface area contributed by atoms with Gasteiger partial charge < -0.3 is 11.1 Å². The molecule has 0 saturated carbocycles. The zero-order valence-electron chi connectivity index (χ0n) is 6.85. The molecule has 3 heteroatoms. The van der Waals surface area contributed by atoms with E-state index >= 15 is 0 Å². The summed E-state index contributed by atoms with van der Waals surface area (Å²) in [6.45, 7) is 6.07. The Morgan fingerprint density at radius 2 is 2.00 bits per heavy atom. The van der Waals surface area contributed by atoms with Crippen LogP contribution in [0.4, 0.5) is 0 Å². The zero-order valence-corrected chi connectivity index (χ0v) is 6.85. The second-order valence-corrected chi connectivity index (χ2v) is 2.79. The summed E-state index contributed by atoms with van der Waals surface area (Å²) in [6, 6.07) is 0.00829. The van der Waals surface area contributed by atoms with Crippen molar-refractivity contribution < 1.29 is 4.79 Å². The highest BCUT2D eigenvalue weighted by Gasteiger charge is 2.06. The second kappa shape index (κ2) is 4.41. The first-order chi connectivity index (χ1) is 4.54. The van der Waals surface area contributed by atoms with Gasteiger partial charge in [-0.1, -0.05) is 13.8 Å². The molecule has 3 N–H and O–H groups in total. The van der Waals surface area contributed by atoms with Crippen molar-refractivity contribution in [3.05, 3.63) is 0 Å². The van der Waals surface area contributed by atoms with Crippen LogP contribution in [0.2, 0.25) is 0 Å². The van der Waals surface area contributed by atoms with Gasteiger partial charge in [-0.2, -0.15) is 0 Å². The van der Waals surface area contributed by atoms with E-state index in [1.165, 1.54) is 0 Å². The highest BCUT2D eigenvalue weighted by Crippen LogP contribution is 1.80. The molecule has 0 spiro atoms. The Kier molecular flexibility index (Phi) is 4.23. The lowest BCUT2D eigenvalue weighted by atomic mass is 10.2. The van der Waals surface area contributed by atoms with Crippen molar-refractivity contribution in [1.29, 1.82) is 0 Å². The maximum Gasteiger partial charge on any atom is 0.162 e. The van der Waals surface area contributed by atoms with Crippen LogP contribution in [0.1, 0.15) is 20.8 Å². The molecule has 0 heterocycles. The first kappa shape index (κ1) is 9.59. The van der Waals surface area contributed by atoms with Gasteiger partial charge in [-0.05, 0) is 6.92 Å². The normalized spacial score (nSPS) is 13.7. The molecule has 10 heavy (non-hydrogen) atoms. The molecule has 0 fully saturated rings. The van der Waals surface area contributed by atoms with Gasteiger partial charge in [0.1, 0.15) is 0 Å². The quantitative estimate of drug-likeness (QED) is 0.579. The predicted molar refractivity (Wildman–Crippen MR) is 41.8 cm³/mol. The van der Waals surface area contributed by atoms with Crippen LogP contribution in [0, 0.1) is 0 Å². The van der Waals surface area contributed by atoms with Crippen LogP contribution in [0.25, 0.3) is 0 Å². The fourth-order valence-electron chi connectivity index (χ4n) is 0.466.